The molecule has 0 amide bonds. The first kappa shape index (κ1) is 14.7. The second-order valence-electron chi connectivity index (χ2n) is 5.48. The van der Waals surface area contributed by atoms with Crippen molar-refractivity contribution in [3.05, 3.63) is 21.4 Å². The maximum absolute atomic E-state index is 3.49. The molecule has 0 aromatic carbocycles. The van der Waals surface area contributed by atoms with E-state index in [1.165, 1.54) is 29.0 Å². The fourth-order valence-electron chi connectivity index (χ4n) is 2.10. The average Bonchev–Trinajstić information content (AvgIpc) is 2.54. The van der Waals surface area contributed by atoms with Gasteiger partial charge in [-0.1, -0.05) is 20.8 Å². The van der Waals surface area contributed by atoms with Crippen molar-refractivity contribution in [1.82, 2.24) is 5.32 Å². The Bertz CT molecular complexity index is 328. The van der Waals surface area contributed by atoms with Crippen LogP contribution < -0.4 is 5.32 Å². The lowest BCUT2D eigenvalue weighted by atomic mass is 9.98. The molecule has 1 atom stereocenters. The van der Waals surface area contributed by atoms with Crippen molar-refractivity contribution in [2.24, 2.45) is 5.92 Å². The van der Waals surface area contributed by atoms with Gasteiger partial charge in [-0.25, -0.2) is 0 Å². The van der Waals surface area contributed by atoms with Crippen LogP contribution in [0.25, 0.3) is 0 Å². The summed E-state index contributed by atoms with van der Waals surface area (Å²) in [4.78, 5) is 2.96. The standard InChI is InChI=1S/C15H27NS/c1-11(2)16-9-8-12(3)6-7-15-10-13(4)17-14(15)5/h10-12,16H,6-9H2,1-5H3. The van der Waals surface area contributed by atoms with Crippen molar-refractivity contribution in [3.63, 3.8) is 0 Å². The van der Waals surface area contributed by atoms with Gasteiger partial charge in [0, 0.05) is 15.8 Å². The van der Waals surface area contributed by atoms with E-state index in [0.717, 1.165) is 12.5 Å². The molecule has 1 unspecified atom stereocenters. The number of hydrogen-bond donors (Lipinski definition) is 1. The summed E-state index contributed by atoms with van der Waals surface area (Å²) in [6.07, 6.45) is 3.86. The molecule has 1 aromatic heterocycles. The molecule has 1 rings (SSSR count). The maximum atomic E-state index is 3.49. The highest BCUT2D eigenvalue weighted by Crippen LogP contribution is 2.23. The number of rotatable bonds is 7. The fraction of sp³-hybridized carbons (Fsp3) is 0.733. The average molecular weight is 253 g/mol. The molecule has 0 aliphatic rings. The molecule has 0 aliphatic heterocycles. The van der Waals surface area contributed by atoms with Crippen molar-refractivity contribution < 1.29 is 0 Å². The van der Waals surface area contributed by atoms with E-state index in [1.807, 2.05) is 11.3 Å². The van der Waals surface area contributed by atoms with E-state index in [0.29, 0.717) is 6.04 Å². The molecule has 0 spiro atoms. The quantitative estimate of drug-likeness (QED) is 0.763. The highest BCUT2D eigenvalue weighted by atomic mass is 32.1. The topological polar surface area (TPSA) is 12.0 Å². The minimum atomic E-state index is 0.615. The van der Waals surface area contributed by atoms with Gasteiger partial charge < -0.3 is 5.32 Å². The fourth-order valence-corrected chi connectivity index (χ4v) is 3.07. The third kappa shape index (κ3) is 5.69. The van der Waals surface area contributed by atoms with E-state index < -0.39 is 0 Å². The van der Waals surface area contributed by atoms with Gasteiger partial charge in [-0.2, -0.15) is 0 Å². The molecule has 98 valence electrons. The molecule has 0 radical (unpaired) electrons. The molecular weight excluding hydrogens is 226 g/mol. The number of aryl methyl sites for hydroxylation is 3. The van der Waals surface area contributed by atoms with Crippen molar-refractivity contribution in [1.29, 1.82) is 0 Å². The summed E-state index contributed by atoms with van der Waals surface area (Å²) < 4.78 is 0. The minimum Gasteiger partial charge on any atom is -0.315 e. The van der Waals surface area contributed by atoms with Gasteiger partial charge >= 0.3 is 0 Å². The summed E-state index contributed by atoms with van der Waals surface area (Å²) in [6, 6.07) is 2.97. The Labute approximate surface area is 111 Å². The Kier molecular flexibility index (Phi) is 6.21. The zero-order valence-corrected chi connectivity index (χ0v) is 12.8. The molecular formula is C15H27NS. The van der Waals surface area contributed by atoms with Crippen molar-refractivity contribution in [3.8, 4) is 0 Å². The van der Waals surface area contributed by atoms with Crippen LogP contribution in [-0.2, 0) is 6.42 Å². The van der Waals surface area contributed by atoms with E-state index >= 15 is 0 Å². The Balaban J connectivity index is 2.23. The van der Waals surface area contributed by atoms with Crippen LogP contribution >= 0.6 is 11.3 Å². The second-order valence-corrected chi connectivity index (χ2v) is 6.94. The Morgan fingerprint density at radius 1 is 1.18 bits per heavy atom. The molecule has 1 aromatic rings. The summed E-state index contributed by atoms with van der Waals surface area (Å²) >= 11 is 1.93. The smallest absolute Gasteiger partial charge is 0.00490 e. The van der Waals surface area contributed by atoms with Gasteiger partial charge in [-0.3, -0.25) is 0 Å². The monoisotopic (exact) mass is 253 g/mol. The van der Waals surface area contributed by atoms with E-state index in [4.69, 9.17) is 0 Å². The summed E-state index contributed by atoms with van der Waals surface area (Å²) in [6.45, 7) is 12.4. The van der Waals surface area contributed by atoms with Crippen LogP contribution in [0.15, 0.2) is 6.07 Å². The number of hydrogen-bond acceptors (Lipinski definition) is 2. The van der Waals surface area contributed by atoms with E-state index in [-0.39, 0.29) is 0 Å². The third-order valence-electron chi connectivity index (χ3n) is 3.24. The molecule has 1 heterocycles. The molecule has 2 heteroatoms. The SMILES string of the molecule is Cc1cc(CCC(C)CCNC(C)C)c(C)s1. The first-order valence-electron chi connectivity index (χ1n) is 6.78. The van der Waals surface area contributed by atoms with Gasteiger partial charge in [-0.15, -0.1) is 11.3 Å². The van der Waals surface area contributed by atoms with E-state index in [9.17, 15) is 0 Å². The molecule has 0 aliphatic carbocycles. The zero-order valence-electron chi connectivity index (χ0n) is 12.0. The Morgan fingerprint density at radius 2 is 1.88 bits per heavy atom. The van der Waals surface area contributed by atoms with Crippen LogP contribution in [0, 0.1) is 19.8 Å². The van der Waals surface area contributed by atoms with Gasteiger partial charge in [0.2, 0.25) is 0 Å². The van der Waals surface area contributed by atoms with Gasteiger partial charge in [0.1, 0.15) is 0 Å². The van der Waals surface area contributed by atoms with Crippen molar-refractivity contribution >= 4 is 11.3 Å². The highest BCUT2D eigenvalue weighted by molar-refractivity contribution is 7.12. The minimum absolute atomic E-state index is 0.615. The molecule has 0 bridgehead atoms. The molecule has 1 N–H and O–H groups in total. The summed E-state index contributed by atoms with van der Waals surface area (Å²) in [5.74, 6) is 0.820. The summed E-state index contributed by atoms with van der Waals surface area (Å²) in [5, 5.41) is 3.49. The lowest BCUT2D eigenvalue weighted by molar-refractivity contribution is 0.454. The molecule has 17 heavy (non-hydrogen) atoms. The Hall–Kier alpha value is -0.340. The normalized spacial score (nSPS) is 13.3. The van der Waals surface area contributed by atoms with Crippen LogP contribution in [0.1, 0.15) is 48.9 Å². The van der Waals surface area contributed by atoms with Crippen LogP contribution in [0.2, 0.25) is 0 Å². The molecule has 0 fully saturated rings. The van der Waals surface area contributed by atoms with Crippen LogP contribution in [0.3, 0.4) is 0 Å². The maximum Gasteiger partial charge on any atom is 0.00490 e. The predicted octanol–water partition coefficient (Wildman–Crippen LogP) is 4.32. The number of thiophene rings is 1. The zero-order chi connectivity index (χ0) is 12.8. The predicted molar refractivity (Wildman–Crippen MR) is 79.0 cm³/mol. The highest BCUT2D eigenvalue weighted by Gasteiger charge is 2.06. The second kappa shape index (κ2) is 7.17. The van der Waals surface area contributed by atoms with E-state index in [2.05, 4.69) is 46.0 Å². The van der Waals surface area contributed by atoms with Gasteiger partial charge in [-0.05, 0) is 57.2 Å². The third-order valence-corrected chi connectivity index (χ3v) is 4.25. The summed E-state index contributed by atoms with van der Waals surface area (Å²) in [7, 11) is 0. The molecule has 1 nitrogen and oxygen atoms in total. The van der Waals surface area contributed by atoms with Gasteiger partial charge in [0.25, 0.3) is 0 Å². The first-order valence-corrected chi connectivity index (χ1v) is 7.60. The van der Waals surface area contributed by atoms with Crippen LogP contribution in [0.4, 0.5) is 0 Å². The lowest BCUT2D eigenvalue weighted by Crippen LogP contribution is -2.24. The van der Waals surface area contributed by atoms with Crippen molar-refractivity contribution in [2.75, 3.05) is 6.54 Å². The van der Waals surface area contributed by atoms with Crippen LogP contribution in [0.5, 0.6) is 0 Å². The van der Waals surface area contributed by atoms with Gasteiger partial charge in [0.15, 0.2) is 0 Å². The lowest BCUT2D eigenvalue weighted by Gasteiger charge is -2.13. The largest absolute Gasteiger partial charge is 0.315 e. The van der Waals surface area contributed by atoms with Crippen LogP contribution in [-0.4, -0.2) is 12.6 Å². The first-order chi connectivity index (χ1) is 7.99. The number of nitrogens with one attached hydrogen (secondary N) is 1. The molecule has 0 saturated carbocycles. The molecule has 0 saturated heterocycles. The van der Waals surface area contributed by atoms with Gasteiger partial charge in [0.05, 0.1) is 0 Å². The summed E-state index contributed by atoms with van der Waals surface area (Å²) in [5.41, 5.74) is 1.57. The van der Waals surface area contributed by atoms with E-state index in [1.54, 1.807) is 5.56 Å². The Morgan fingerprint density at radius 3 is 2.41 bits per heavy atom. The van der Waals surface area contributed by atoms with Crippen molar-refractivity contribution in [2.45, 2.75) is 59.9 Å².